The van der Waals surface area contributed by atoms with Gasteiger partial charge >= 0.3 is 0 Å². The normalized spacial score (nSPS) is 46.6. The van der Waals surface area contributed by atoms with Crippen LogP contribution >= 0.6 is 11.3 Å². The lowest BCUT2D eigenvalue weighted by Gasteiger charge is -2.57. The zero-order chi connectivity index (χ0) is 20.2. The lowest BCUT2D eigenvalue weighted by Crippen LogP contribution is -2.52. The molecule has 4 saturated carbocycles. The van der Waals surface area contributed by atoms with E-state index in [0.717, 1.165) is 42.5 Å². The zero-order valence-electron chi connectivity index (χ0n) is 17.5. The molecule has 1 aromatic rings. The van der Waals surface area contributed by atoms with Gasteiger partial charge in [0.2, 0.25) is 0 Å². The number of hydrogen-bond acceptors (Lipinski definition) is 4. The molecule has 0 aliphatic heterocycles. The molecule has 29 heavy (non-hydrogen) atoms. The molecule has 1 aromatic heterocycles. The van der Waals surface area contributed by atoms with Crippen LogP contribution in [0, 0.1) is 40.9 Å². The standard InChI is InChI=1S/C24H34FNO2S/c1-23-8-6-17-16-7-9-24(28,14-25)13-15(16)2-3-18(17)19(23)4-5-20(23)21(27)12-22-26-10-11-29-22/h10-11,15-20,28H,2-9,12-14H2,1H3/t15-,16+,17-,18-,19+,20-,23+,24-/m1/s1. The van der Waals surface area contributed by atoms with Crippen molar-refractivity contribution in [3.63, 3.8) is 0 Å². The smallest absolute Gasteiger partial charge is 0.143 e. The van der Waals surface area contributed by atoms with Gasteiger partial charge in [0.05, 0.1) is 17.0 Å². The Bertz CT molecular complexity index is 754. The van der Waals surface area contributed by atoms with Crippen LogP contribution in [0.2, 0.25) is 0 Å². The fraction of sp³-hybridized carbons (Fsp3) is 0.833. The lowest BCUT2D eigenvalue weighted by atomic mass is 9.49. The molecule has 0 saturated heterocycles. The van der Waals surface area contributed by atoms with E-state index < -0.39 is 12.3 Å². The fourth-order valence-corrected chi connectivity index (χ4v) is 8.85. The number of nitrogens with zero attached hydrogens (tertiary/aromatic N) is 1. The second-order valence-corrected chi connectivity index (χ2v) is 11.8. The van der Waals surface area contributed by atoms with Crippen LogP contribution in [0.3, 0.4) is 0 Å². The van der Waals surface area contributed by atoms with Gasteiger partial charge in [-0.25, -0.2) is 9.37 Å². The van der Waals surface area contributed by atoms with Crippen molar-refractivity contribution in [3.05, 3.63) is 16.6 Å². The second kappa shape index (κ2) is 7.40. The maximum absolute atomic E-state index is 13.3. The van der Waals surface area contributed by atoms with E-state index in [0.29, 0.717) is 42.8 Å². The number of rotatable bonds is 4. The van der Waals surface area contributed by atoms with Crippen molar-refractivity contribution >= 4 is 17.1 Å². The molecule has 0 spiro atoms. The average Bonchev–Trinajstić information content (AvgIpc) is 3.34. The van der Waals surface area contributed by atoms with Crippen molar-refractivity contribution in [2.75, 3.05) is 6.67 Å². The van der Waals surface area contributed by atoms with Crippen LogP contribution in [-0.2, 0) is 11.2 Å². The Hall–Kier alpha value is -0.810. The number of carbonyl (C=O) groups excluding carboxylic acids is 1. The number of aromatic nitrogens is 1. The first-order chi connectivity index (χ1) is 13.9. The summed E-state index contributed by atoms with van der Waals surface area (Å²) in [5, 5.41) is 13.4. The molecule has 3 nitrogen and oxygen atoms in total. The monoisotopic (exact) mass is 419 g/mol. The van der Waals surface area contributed by atoms with Crippen LogP contribution in [-0.4, -0.2) is 28.1 Å². The molecule has 4 fully saturated rings. The number of ketones is 1. The summed E-state index contributed by atoms with van der Waals surface area (Å²) >= 11 is 1.59. The predicted octanol–water partition coefficient (Wildman–Crippen LogP) is 5.22. The minimum atomic E-state index is -1.06. The second-order valence-electron chi connectivity index (χ2n) is 10.8. The van der Waals surface area contributed by atoms with E-state index in [4.69, 9.17) is 0 Å². The Labute approximate surface area is 177 Å². The van der Waals surface area contributed by atoms with Crippen molar-refractivity contribution < 1.29 is 14.3 Å². The molecule has 160 valence electrons. The third-order valence-corrected chi connectivity index (χ3v) is 10.3. The molecule has 0 unspecified atom stereocenters. The maximum atomic E-state index is 13.3. The first-order valence-corrected chi connectivity index (χ1v) is 12.5. The van der Waals surface area contributed by atoms with Crippen molar-refractivity contribution in [3.8, 4) is 0 Å². The quantitative estimate of drug-likeness (QED) is 0.727. The highest BCUT2D eigenvalue weighted by Crippen LogP contribution is 2.64. The van der Waals surface area contributed by atoms with E-state index in [1.165, 1.54) is 19.3 Å². The average molecular weight is 420 g/mol. The van der Waals surface area contributed by atoms with E-state index in [1.807, 2.05) is 5.38 Å². The SMILES string of the molecule is C[C@]12CC[C@H]3[C@@H](CC[C@@H]4C[C@@](O)(CF)CC[C@@H]43)[C@@H]1CC[C@@H]2C(=O)Cc1nccs1. The van der Waals surface area contributed by atoms with Crippen molar-refractivity contribution in [1.29, 1.82) is 0 Å². The number of carbonyl (C=O) groups is 1. The van der Waals surface area contributed by atoms with E-state index in [-0.39, 0.29) is 11.3 Å². The van der Waals surface area contributed by atoms with Crippen LogP contribution in [0.25, 0.3) is 0 Å². The first kappa shape index (κ1) is 20.1. The maximum Gasteiger partial charge on any atom is 0.143 e. The molecular weight excluding hydrogens is 385 g/mol. The van der Waals surface area contributed by atoms with Gasteiger partial charge in [-0.15, -0.1) is 11.3 Å². The molecule has 1 heterocycles. The third-order valence-electron chi connectivity index (χ3n) is 9.55. The minimum absolute atomic E-state index is 0.149. The number of thiazole rings is 1. The van der Waals surface area contributed by atoms with Crippen LogP contribution < -0.4 is 0 Å². The van der Waals surface area contributed by atoms with Gasteiger partial charge in [-0.2, -0.15) is 0 Å². The molecule has 5 heteroatoms. The number of Topliss-reactive ketones (excluding diaryl/α,β-unsaturated/α-hetero) is 1. The summed E-state index contributed by atoms with van der Waals surface area (Å²) in [6.45, 7) is 1.81. The van der Waals surface area contributed by atoms with Gasteiger partial charge in [-0.3, -0.25) is 4.79 Å². The Kier molecular flexibility index (Phi) is 5.13. The van der Waals surface area contributed by atoms with Gasteiger partial charge in [0.1, 0.15) is 12.5 Å². The number of hydrogen-bond donors (Lipinski definition) is 1. The summed E-state index contributed by atoms with van der Waals surface area (Å²) in [4.78, 5) is 17.5. The van der Waals surface area contributed by atoms with Crippen LogP contribution in [0.4, 0.5) is 4.39 Å². The summed E-state index contributed by atoms with van der Waals surface area (Å²) in [5.41, 5.74) is -0.908. The Balaban J connectivity index is 1.31. The van der Waals surface area contributed by atoms with E-state index in [9.17, 15) is 14.3 Å². The molecule has 4 aliphatic rings. The number of fused-ring (bicyclic) bond motifs is 5. The van der Waals surface area contributed by atoms with Crippen molar-refractivity contribution in [2.45, 2.75) is 76.7 Å². The molecule has 0 aromatic carbocycles. The van der Waals surface area contributed by atoms with Crippen LogP contribution in [0.15, 0.2) is 11.6 Å². The van der Waals surface area contributed by atoms with Crippen molar-refractivity contribution in [2.24, 2.45) is 40.9 Å². The Morgan fingerprint density at radius 3 is 2.76 bits per heavy atom. The van der Waals surface area contributed by atoms with Crippen LogP contribution in [0.5, 0.6) is 0 Å². The Morgan fingerprint density at radius 2 is 2.00 bits per heavy atom. The van der Waals surface area contributed by atoms with E-state index >= 15 is 0 Å². The van der Waals surface area contributed by atoms with Crippen molar-refractivity contribution in [1.82, 2.24) is 4.98 Å². The predicted molar refractivity (Wildman–Crippen MR) is 112 cm³/mol. The Morgan fingerprint density at radius 1 is 1.17 bits per heavy atom. The van der Waals surface area contributed by atoms with E-state index in [2.05, 4.69) is 11.9 Å². The molecule has 5 rings (SSSR count). The highest BCUT2D eigenvalue weighted by Gasteiger charge is 2.58. The summed E-state index contributed by atoms with van der Waals surface area (Å²) < 4.78 is 13.3. The fourth-order valence-electron chi connectivity index (χ4n) is 8.23. The molecule has 8 atom stereocenters. The molecule has 0 amide bonds. The molecule has 1 N–H and O–H groups in total. The summed E-state index contributed by atoms with van der Waals surface area (Å²) in [7, 11) is 0. The third kappa shape index (κ3) is 3.31. The highest BCUT2D eigenvalue weighted by atomic mass is 32.1. The lowest BCUT2D eigenvalue weighted by molar-refractivity contribution is -0.133. The van der Waals surface area contributed by atoms with E-state index in [1.54, 1.807) is 17.5 Å². The first-order valence-electron chi connectivity index (χ1n) is 11.6. The minimum Gasteiger partial charge on any atom is -0.387 e. The summed E-state index contributed by atoms with van der Waals surface area (Å²) in [5.74, 6) is 3.87. The largest absolute Gasteiger partial charge is 0.387 e. The molecule has 4 aliphatic carbocycles. The van der Waals surface area contributed by atoms with Gasteiger partial charge in [-0.05, 0) is 92.8 Å². The molecule has 0 radical (unpaired) electrons. The zero-order valence-corrected chi connectivity index (χ0v) is 18.3. The number of alkyl halides is 1. The topological polar surface area (TPSA) is 50.2 Å². The number of halogens is 1. The van der Waals surface area contributed by atoms with Crippen LogP contribution in [0.1, 0.15) is 69.7 Å². The summed E-state index contributed by atoms with van der Waals surface area (Å²) in [6, 6.07) is 0. The van der Waals surface area contributed by atoms with Gasteiger partial charge in [0, 0.05) is 17.5 Å². The van der Waals surface area contributed by atoms with Gasteiger partial charge in [0.15, 0.2) is 0 Å². The summed E-state index contributed by atoms with van der Waals surface area (Å²) in [6.07, 6.45) is 11.5. The van der Waals surface area contributed by atoms with Gasteiger partial charge < -0.3 is 5.11 Å². The highest BCUT2D eigenvalue weighted by molar-refractivity contribution is 7.09. The number of aliphatic hydroxyl groups is 1. The van der Waals surface area contributed by atoms with Gasteiger partial charge in [-0.1, -0.05) is 6.92 Å². The molecular formula is C24H34FNO2S. The van der Waals surface area contributed by atoms with Gasteiger partial charge in [0.25, 0.3) is 0 Å². The molecule has 0 bridgehead atoms.